The summed E-state index contributed by atoms with van der Waals surface area (Å²) in [5, 5.41) is 18.3. The molecule has 0 rings (SSSR count). The molecule has 0 radical (unpaired) electrons. The number of hydrogen-bond acceptors (Lipinski definition) is 2. The van der Waals surface area contributed by atoms with Crippen molar-refractivity contribution in [3.05, 3.63) is 12.2 Å². The molecular formula is C18H36Na2O3. The molecule has 0 aliphatic rings. The topological polar surface area (TPSA) is 57.5 Å². The molecule has 0 aliphatic carbocycles. The average molecular weight is 346 g/mol. The van der Waals surface area contributed by atoms with E-state index in [1.165, 1.54) is 25.7 Å². The van der Waals surface area contributed by atoms with Crippen molar-refractivity contribution in [1.82, 2.24) is 0 Å². The summed E-state index contributed by atoms with van der Waals surface area (Å²) in [5.41, 5.74) is 0. The van der Waals surface area contributed by atoms with E-state index >= 15 is 0 Å². The van der Waals surface area contributed by atoms with Gasteiger partial charge in [-0.05, 0) is 32.1 Å². The van der Waals surface area contributed by atoms with Gasteiger partial charge < -0.3 is 10.2 Å². The molecule has 1 atom stereocenters. The summed E-state index contributed by atoms with van der Waals surface area (Å²) >= 11 is 0. The molecule has 0 spiro atoms. The van der Waals surface area contributed by atoms with Crippen LogP contribution in [0.5, 0.6) is 0 Å². The third-order valence-electron chi connectivity index (χ3n) is 3.73. The second kappa shape index (κ2) is 23.2. The van der Waals surface area contributed by atoms with E-state index in [2.05, 4.69) is 19.1 Å². The molecular weight excluding hydrogens is 310 g/mol. The Bertz CT molecular complexity index is 271. The summed E-state index contributed by atoms with van der Waals surface area (Å²) in [4.78, 5) is 10.3. The van der Waals surface area contributed by atoms with Gasteiger partial charge in [0.25, 0.3) is 0 Å². The number of rotatable bonds is 15. The SMILES string of the molecule is CCCCCC[C@@H](O)C/C=C\CCCCCCCC(=O)O.[NaH].[NaH]. The van der Waals surface area contributed by atoms with Crippen molar-refractivity contribution in [2.24, 2.45) is 0 Å². The number of aliphatic hydroxyl groups excluding tert-OH is 1. The van der Waals surface area contributed by atoms with Crippen LogP contribution in [-0.4, -0.2) is 81.4 Å². The fraction of sp³-hybridized carbons (Fsp3) is 0.833. The van der Waals surface area contributed by atoms with Crippen molar-refractivity contribution >= 4 is 65.1 Å². The van der Waals surface area contributed by atoms with Crippen molar-refractivity contribution in [1.29, 1.82) is 0 Å². The molecule has 0 aliphatic heterocycles. The molecule has 0 bridgehead atoms. The first-order chi connectivity index (χ1) is 10.2. The minimum absolute atomic E-state index is 0. The Hall–Kier alpha value is 1.17. The van der Waals surface area contributed by atoms with E-state index in [1.807, 2.05) is 0 Å². The maximum atomic E-state index is 10.3. The Kier molecular flexibility index (Phi) is 29.2. The van der Waals surface area contributed by atoms with Crippen LogP contribution in [0.4, 0.5) is 0 Å². The van der Waals surface area contributed by atoms with E-state index < -0.39 is 5.97 Å². The number of allylic oxidation sites excluding steroid dienone is 1. The van der Waals surface area contributed by atoms with Crippen molar-refractivity contribution in [3.63, 3.8) is 0 Å². The maximum absolute atomic E-state index is 10.3. The van der Waals surface area contributed by atoms with Crippen LogP contribution < -0.4 is 0 Å². The molecule has 128 valence electrons. The normalized spacial score (nSPS) is 11.7. The van der Waals surface area contributed by atoms with Gasteiger partial charge >= 0.3 is 65.1 Å². The number of carboxylic acids is 1. The Morgan fingerprint density at radius 1 is 0.913 bits per heavy atom. The summed E-state index contributed by atoms with van der Waals surface area (Å²) in [6, 6.07) is 0. The summed E-state index contributed by atoms with van der Waals surface area (Å²) in [6.45, 7) is 2.20. The Labute approximate surface area is 187 Å². The van der Waals surface area contributed by atoms with Crippen LogP contribution in [0.2, 0.25) is 0 Å². The quantitative estimate of drug-likeness (QED) is 0.269. The third kappa shape index (κ3) is 25.5. The van der Waals surface area contributed by atoms with Gasteiger partial charge in [0.05, 0.1) is 6.10 Å². The van der Waals surface area contributed by atoms with Crippen LogP contribution in [-0.2, 0) is 4.79 Å². The number of aliphatic hydroxyl groups is 1. The molecule has 0 aromatic rings. The van der Waals surface area contributed by atoms with Crippen molar-refractivity contribution in [2.45, 2.75) is 96.5 Å². The molecule has 0 heterocycles. The van der Waals surface area contributed by atoms with Gasteiger partial charge in [-0.15, -0.1) is 0 Å². The first-order valence-corrected chi connectivity index (χ1v) is 8.71. The molecule has 23 heavy (non-hydrogen) atoms. The van der Waals surface area contributed by atoms with Crippen LogP contribution in [0.3, 0.4) is 0 Å². The van der Waals surface area contributed by atoms with Crippen molar-refractivity contribution in [2.75, 3.05) is 0 Å². The Balaban J connectivity index is -0.00000200. The van der Waals surface area contributed by atoms with Crippen molar-refractivity contribution < 1.29 is 15.0 Å². The van der Waals surface area contributed by atoms with Gasteiger partial charge in [0, 0.05) is 6.42 Å². The first kappa shape index (κ1) is 29.0. The van der Waals surface area contributed by atoms with Gasteiger partial charge in [0.15, 0.2) is 0 Å². The molecule has 0 fully saturated rings. The van der Waals surface area contributed by atoms with Crippen LogP contribution in [0.25, 0.3) is 0 Å². The van der Waals surface area contributed by atoms with E-state index in [1.54, 1.807) is 0 Å². The van der Waals surface area contributed by atoms with E-state index in [9.17, 15) is 9.90 Å². The molecule has 2 N–H and O–H groups in total. The number of unbranched alkanes of at least 4 members (excludes halogenated alkanes) is 8. The van der Waals surface area contributed by atoms with Gasteiger partial charge in [0.1, 0.15) is 0 Å². The fourth-order valence-corrected chi connectivity index (χ4v) is 2.36. The zero-order chi connectivity index (χ0) is 15.8. The van der Waals surface area contributed by atoms with Gasteiger partial charge in [-0.1, -0.05) is 64.0 Å². The number of hydrogen-bond donors (Lipinski definition) is 2. The van der Waals surface area contributed by atoms with Gasteiger partial charge in [-0.25, -0.2) is 0 Å². The molecule has 3 nitrogen and oxygen atoms in total. The summed E-state index contributed by atoms with van der Waals surface area (Å²) in [5.74, 6) is -0.689. The molecule has 0 saturated carbocycles. The first-order valence-electron chi connectivity index (χ1n) is 8.71. The van der Waals surface area contributed by atoms with Crippen LogP contribution in [0.1, 0.15) is 90.4 Å². The van der Waals surface area contributed by atoms with E-state index in [0.717, 1.165) is 51.4 Å². The van der Waals surface area contributed by atoms with Crippen LogP contribution in [0.15, 0.2) is 12.2 Å². The molecule has 0 aromatic heterocycles. The van der Waals surface area contributed by atoms with Crippen LogP contribution in [0, 0.1) is 0 Å². The van der Waals surface area contributed by atoms with Gasteiger partial charge in [0.2, 0.25) is 0 Å². The number of aliphatic carboxylic acids is 1. The van der Waals surface area contributed by atoms with E-state index in [-0.39, 0.29) is 65.2 Å². The second-order valence-electron chi connectivity index (χ2n) is 5.91. The minimum atomic E-state index is -0.689. The molecule has 5 heteroatoms. The zero-order valence-corrected chi connectivity index (χ0v) is 13.7. The van der Waals surface area contributed by atoms with Gasteiger partial charge in [-0.3, -0.25) is 4.79 Å². The molecule has 0 saturated heterocycles. The number of carbonyl (C=O) groups is 1. The average Bonchev–Trinajstić information content (AvgIpc) is 2.45. The Morgan fingerprint density at radius 2 is 1.52 bits per heavy atom. The monoisotopic (exact) mass is 346 g/mol. The summed E-state index contributed by atoms with van der Waals surface area (Å²) < 4.78 is 0. The van der Waals surface area contributed by atoms with E-state index in [4.69, 9.17) is 5.11 Å². The zero-order valence-electron chi connectivity index (χ0n) is 13.7. The van der Waals surface area contributed by atoms with E-state index in [0.29, 0.717) is 6.42 Å². The van der Waals surface area contributed by atoms with Crippen molar-refractivity contribution in [3.8, 4) is 0 Å². The molecule has 0 unspecified atom stereocenters. The Morgan fingerprint density at radius 3 is 2.17 bits per heavy atom. The summed E-state index contributed by atoms with van der Waals surface area (Å²) in [7, 11) is 0. The predicted molar refractivity (Wildman–Crippen MR) is 103 cm³/mol. The summed E-state index contributed by atoms with van der Waals surface area (Å²) in [6.07, 6.45) is 17.4. The fourth-order valence-electron chi connectivity index (χ4n) is 2.36. The third-order valence-corrected chi connectivity index (χ3v) is 3.73. The number of carboxylic acid groups (broad SMARTS) is 1. The predicted octanol–water partition coefficient (Wildman–Crippen LogP) is 3.78. The molecule has 0 aromatic carbocycles. The molecule has 0 amide bonds. The van der Waals surface area contributed by atoms with Gasteiger partial charge in [-0.2, -0.15) is 0 Å². The van der Waals surface area contributed by atoms with Crippen LogP contribution >= 0.6 is 0 Å². The standard InChI is InChI=1S/C18H34O3.2Na.2H/c1-2-3-4-11-14-17(19)15-12-9-7-5-6-8-10-13-16-18(20)21;;;;/h9,12,17,19H,2-8,10-11,13-16H2,1H3,(H,20,21);;;;/b12-9-;;;;/t17-;;;;/m1..../s1. The second-order valence-corrected chi connectivity index (χ2v) is 5.91.